The molecule has 28 heavy (non-hydrogen) atoms. The fourth-order valence-electron chi connectivity index (χ4n) is 6.66. The summed E-state index contributed by atoms with van der Waals surface area (Å²) in [7, 11) is 0. The Balaban J connectivity index is 1.89. The Labute approximate surface area is 162 Å². The fourth-order valence-corrected chi connectivity index (χ4v) is 6.66. The number of hydrogen-bond donors (Lipinski definition) is 4. The Hall–Kier alpha value is -1.41. The second-order valence-corrected chi connectivity index (χ2v) is 9.16. The van der Waals surface area contributed by atoms with Crippen molar-refractivity contribution < 1.29 is 34.0 Å². The molecule has 2 fully saturated rings. The molecule has 4 aliphatic rings. The standard InChI is InChI=1S/C21H26F2O5/c1-18-6-4-3-5-11(18)14(22)7-13-12-8-15(25)21(28,17(27)10-24)19(12,2)9-16(26)20(13,18)23/h3-6,12-13,15-16,24-26,28H,7-10H2,1-2H3/t12-,13-,15?,16?,18-,19-,20-,21-/m0/s1. The summed E-state index contributed by atoms with van der Waals surface area (Å²) in [6.45, 7) is 2.08. The van der Waals surface area contributed by atoms with Gasteiger partial charge >= 0.3 is 0 Å². The highest BCUT2D eigenvalue weighted by molar-refractivity contribution is 5.90. The van der Waals surface area contributed by atoms with Crippen LogP contribution in [0.4, 0.5) is 8.78 Å². The van der Waals surface area contributed by atoms with E-state index in [4.69, 9.17) is 0 Å². The van der Waals surface area contributed by atoms with Crippen LogP contribution in [0.2, 0.25) is 0 Å². The topological polar surface area (TPSA) is 98.0 Å². The van der Waals surface area contributed by atoms with Crippen molar-refractivity contribution in [1.29, 1.82) is 0 Å². The van der Waals surface area contributed by atoms with Gasteiger partial charge in [-0.15, -0.1) is 0 Å². The molecule has 0 bridgehead atoms. The lowest BCUT2D eigenvalue weighted by Gasteiger charge is -2.61. The number of halogens is 2. The summed E-state index contributed by atoms with van der Waals surface area (Å²) >= 11 is 0. The number of carbonyl (C=O) groups excluding carboxylic acids is 1. The van der Waals surface area contributed by atoms with Gasteiger partial charge in [0.25, 0.3) is 0 Å². The van der Waals surface area contributed by atoms with Crippen molar-refractivity contribution in [1.82, 2.24) is 0 Å². The molecule has 2 saturated carbocycles. The van der Waals surface area contributed by atoms with Gasteiger partial charge in [0.15, 0.2) is 17.1 Å². The van der Waals surface area contributed by atoms with Crippen LogP contribution < -0.4 is 0 Å². The van der Waals surface area contributed by atoms with E-state index in [0.29, 0.717) is 0 Å². The number of rotatable bonds is 2. The zero-order valence-electron chi connectivity index (χ0n) is 15.9. The summed E-state index contributed by atoms with van der Waals surface area (Å²) in [5.41, 5.74) is -7.15. The van der Waals surface area contributed by atoms with Crippen LogP contribution in [0, 0.1) is 22.7 Å². The molecule has 0 spiro atoms. The van der Waals surface area contributed by atoms with Gasteiger partial charge in [-0.25, -0.2) is 8.78 Å². The van der Waals surface area contributed by atoms with Crippen LogP contribution in [-0.2, 0) is 4.79 Å². The predicted molar refractivity (Wildman–Crippen MR) is 96.4 cm³/mol. The van der Waals surface area contributed by atoms with E-state index in [2.05, 4.69) is 0 Å². The molecule has 5 nitrogen and oxygen atoms in total. The summed E-state index contributed by atoms with van der Waals surface area (Å²) < 4.78 is 31.8. The van der Waals surface area contributed by atoms with E-state index in [1.54, 1.807) is 25.2 Å². The summed E-state index contributed by atoms with van der Waals surface area (Å²) in [5.74, 6) is -3.25. The molecule has 0 aromatic carbocycles. The molecule has 0 radical (unpaired) electrons. The molecule has 0 amide bonds. The lowest BCUT2D eigenvalue weighted by atomic mass is 9.45. The SMILES string of the molecule is C[C@]12C=CC=CC1=C(F)C[C@H]1[C@@H]3CC(O)[C@](O)(C(=O)CO)[C@@]3(C)CC(O)[C@@]12F. The van der Waals surface area contributed by atoms with E-state index in [1.165, 1.54) is 13.0 Å². The van der Waals surface area contributed by atoms with E-state index in [1.807, 2.05) is 0 Å². The van der Waals surface area contributed by atoms with Crippen LogP contribution in [-0.4, -0.2) is 56.3 Å². The number of aliphatic hydroxyl groups excluding tert-OH is 3. The number of aliphatic hydroxyl groups is 4. The number of allylic oxidation sites excluding steroid dienone is 6. The van der Waals surface area contributed by atoms with Gasteiger partial charge in [0.1, 0.15) is 12.4 Å². The lowest BCUT2D eigenvalue weighted by molar-refractivity contribution is -0.218. The molecule has 0 saturated heterocycles. The molecule has 0 heterocycles. The maximum Gasteiger partial charge on any atom is 0.192 e. The minimum Gasteiger partial charge on any atom is -0.390 e. The molecule has 154 valence electrons. The highest BCUT2D eigenvalue weighted by atomic mass is 19.1. The van der Waals surface area contributed by atoms with Gasteiger partial charge in [-0.3, -0.25) is 4.79 Å². The molecule has 4 N–H and O–H groups in total. The fraction of sp³-hybridized carbons (Fsp3) is 0.667. The predicted octanol–water partition coefficient (Wildman–Crippen LogP) is 1.51. The van der Waals surface area contributed by atoms with Gasteiger partial charge in [-0.2, -0.15) is 0 Å². The smallest absolute Gasteiger partial charge is 0.192 e. The molecule has 0 aromatic rings. The Kier molecular flexibility index (Phi) is 4.13. The van der Waals surface area contributed by atoms with Gasteiger partial charge in [0.05, 0.1) is 17.6 Å². The van der Waals surface area contributed by atoms with Crippen LogP contribution in [0.25, 0.3) is 0 Å². The van der Waals surface area contributed by atoms with Crippen molar-refractivity contribution in [2.24, 2.45) is 22.7 Å². The molecule has 7 heteroatoms. The van der Waals surface area contributed by atoms with Crippen LogP contribution in [0.15, 0.2) is 35.7 Å². The molecule has 0 aromatic heterocycles. The summed E-state index contributed by atoms with van der Waals surface area (Å²) in [4.78, 5) is 12.4. The van der Waals surface area contributed by atoms with Crippen LogP contribution >= 0.6 is 0 Å². The molecular weight excluding hydrogens is 370 g/mol. The first-order chi connectivity index (χ1) is 13.0. The Morgan fingerprint density at radius 3 is 2.54 bits per heavy atom. The minimum atomic E-state index is -2.32. The van der Waals surface area contributed by atoms with Gasteiger partial charge in [0.2, 0.25) is 0 Å². The van der Waals surface area contributed by atoms with Crippen molar-refractivity contribution >= 4 is 5.78 Å². The number of ketones is 1. The normalized spacial score (nSPS) is 52.3. The van der Waals surface area contributed by atoms with Gasteiger partial charge in [0, 0.05) is 17.8 Å². The Bertz CT molecular complexity index is 822. The summed E-state index contributed by atoms with van der Waals surface area (Å²) in [6.07, 6.45) is 2.51. The zero-order valence-corrected chi connectivity index (χ0v) is 15.9. The molecule has 0 aliphatic heterocycles. The van der Waals surface area contributed by atoms with E-state index in [9.17, 15) is 25.2 Å². The van der Waals surface area contributed by atoms with Crippen LogP contribution in [0.3, 0.4) is 0 Å². The third-order valence-corrected chi connectivity index (χ3v) is 8.20. The van der Waals surface area contributed by atoms with E-state index < -0.39 is 64.4 Å². The number of carbonyl (C=O) groups is 1. The number of Topliss-reactive ketones (excluding diaryl/α,β-unsaturated/α-hetero) is 1. The van der Waals surface area contributed by atoms with Crippen molar-refractivity contribution in [2.75, 3.05) is 6.61 Å². The average Bonchev–Trinajstić information content (AvgIpc) is 2.85. The zero-order chi connectivity index (χ0) is 20.7. The first-order valence-corrected chi connectivity index (χ1v) is 9.65. The molecule has 4 aliphatic carbocycles. The van der Waals surface area contributed by atoms with Crippen molar-refractivity contribution in [3.63, 3.8) is 0 Å². The molecular formula is C21H26F2O5. The first-order valence-electron chi connectivity index (χ1n) is 9.65. The highest BCUT2D eigenvalue weighted by Gasteiger charge is 2.76. The largest absolute Gasteiger partial charge is 0.390 e. The number of hydrogen-bond acceptors (Lipinski definition) is 5. The van der Waals surface area contributed by atoms with Crippen LogP contribution in [0.5, 0.6) is 0 Å². The van der Waals surface area contributed by atoms with E-state index >= 15 is 8.78 Å². The first kappa shape index (κ1) is 19.9. The third kappa shape index (κ3) is 1.96. The van der Waals surface area contributed by atoms with Crippen molar-refractivity contribution in [3.8, 4) is 0 Å². The minimum absolute atomic E-state index is 0.111. The average molecular weight is 396 g/mol. The maximum atomic E-state index is 16.7. The maximum absolute atomic E-state index is 16.7. The van der Waals surface area contributed by atoms with Crippen molar-refractivity contribution in [3.05, 3.63) is 35.7 Å². The van der Waals surface area contributed by atoms with Gasteiger partial charge in [-0.1, -0.05) is 31.2 Å². The molecule has 4 rings (SSSR count). The number of fused-ring (bicyclic) bond motifs is 5. The Morgan fingerprint density at radius 2 is 1.89 bits per heavy atom. The monoisotopic (exact) mass is 396 g/mol. The third-order valence-electron chi connectivity index (χ3n) is 8.20. The molecule has 8 atom stereocenters. The van der Waals surface area contributed by atoms with E-state index in [-0.39, 0.29) is 24.8 Å². The summed E-state index contributed by atoms with van der Waals surface area (Å²) in [6, 6.07) is 0. The second kappa shape index (κ2) is 5.81. The summed E-state index contributed by atoms with van der Waals surface area (Å²) in [5, 5.41) is 42.0. The van der Waals surface area contributed by atoms with Crippen molar-refractivity contribution in [2.45, 2.75) is 56.6 Å². The lowest BCUT2D eigenvalue weighted by Crippen LogP contribution is -2.69. The number of alkyl halides is 1. The second-order valence-electron chi connectivity index (χ2n) is 9.16. The van der Waals surface area contributed by atoms with Crippen LogP contribution in [0.1, 0.15) is 33.1 Å². The van der Waals surface area contributed by atoms with Gasteiger partial charge in [-0.05, 0) is 31.3 Å². The Morgan fingerprint density at radius 1 is 1.21 bits per heavy atom. The quantitative estimate of drug-likeness (QED) is 0.567. The molecule has 2 unspecified atom stereocenters. The van der Waals surface area contributed by atoms with E-state index in [0.717, 1.165) is 0 Å². The van der Waals surface area contributed by atoms with Gasteiger partial charge < -0.3 is 20.4 Å². The highest BCUT2D eigenvalue weighted by Crippen LogP contribution is 2.69.